The van der Waals surface area contributed by atoms with Crippen molar-refractivity contribution >= 4 is 9.68 Å². The van der Waals surface area contributed by atoms with Gasteiger partial charge >= 0.3 is 0 Å². The second-order valence-electron chi connectivity index (χ2n) is 5.50. The largest absolute Gasteiger partial charge is 0.493 e. The molecular weight excluding hydrogens is 276 g/mol. The number of rotatable bonds is 11. The minimum Gasteiger partial charge on any atom is -0.493 e. The molecule has 1 unspecified atom stereocenters. The minimum atomic E-state index is -0.327. The van der Waals surface area contributed by atoms with E-state index in [4.69, 9.17) is 4.74 Å². The van der Waals surface area contributed by atoms with Crippen molar-refractivity contribution in [1.82, 2.24) is 0 Å². The van der Waals surface area contributed by atoms with E-state index in [1.54, 1.807) is 0 Å². The van der Waals surface area contributed by atoms with Gasteiger partial charge < -0.3 is 4.74 Å². The first-order chi connectivity index (χ1) is 10.3. The van der Waals surface area contributed by atoms with Gasteiger partial charge in [-0.05, 0) is 24.4 Å². The topological polar surface area (TPSA) is 34.0 Å². The first kappa shape index (κ1) is 17.9. The molecule has 0 heterocycles. The highest BCUT2D eigenvalue weighted by Crippen LogP contribution is 2.21. The Balaban J connectivity index is 2.53. The highest BCUT2D eigenvalue weighted by Gasteiger charge is 2.08. The molecule has 0 saturated heterocycles. The van der Waals surface area contributed by atoms with E-state index in [1.807, 2.05) is 12.1 Å². The van der Waals surface area contributed by atoms with Gasteiger partial charge in [0.15, 0.2) is 9.68 Å². The average molecular weight is 307 g/mol. The monoisotopic (exact) mass is 306 g/mol. The summed E-state index contributed by atoms with van der Waals surface area (Å²) in [5.41, 5.74) is 1.15. The van der Waals surface area contributed by atoms with E-state index in [2.05, 4.69) is 42.8 Å². The second kappa shape index (κ2) is 11.5. The fraction of sp³-hybridized carbons (Fsp3) is 0.647. The van der Waals surface area contributed by atoms with Crippen molar-refractivity contribution in [2.75, 3.05) is 6.61 Å². The van der Waals surface area contributed by atoms with Crippen molar-refractivity contribution < 1.29 is 4.74 Å². The standard InChI is InChI=1S/C17H30N2OSi/c1-4-7-10-15(5-2)14-20-17-12-9-8-11-16(17)13-18-19-21-6-3/h8-9,11-12,15H,4-7,10,13-14,21H2,1-3H3. The number of benzene rings is 1. The van der Waals surface area contributed by atoms with Crippen molar-refractivity contribution in [3.8, 4) is 5.75 Å². The molecule has 0 aliphatic rings. The second-order valence-corrected chi connectivity index (χ2v) is 7.23. The van der Waals surface area contributed by atoms with Crippen LogP contribution in [0.2, 0.25) is 6.04 Å². The van der Waals surface area contributed by atoms with Crippen molar-refractivity contribution in [2.45, 2.75) is 59.0 Å². The van der Waals surface area contributed by atoms with Crippen LogP contribution in [0.4, 0.5) is 0 Å². The Kier molecular flexibility index (Phi) is 9.79. The first-order valence-electron chi connectivity index (χ1n) is 8.35. The Morgan fingerprint density at radius 1 is 1.19 bits per heavy atom. The molecule has 0 aliphatic heterocycles. The van der Waals surface area contributed by atoms with E-state index < -0.39 is 0 Å². The van der Waals surface area contributed by atoms with Gasteiger partial charge in [-0.1, -0.05) is 58.2 Å². The number of para-hydroxylation sites is 1. The van der Waals surface area contributed by atoms with Gasteiger partial charge in [0.05, 0.1) is 13.2 Å². The van der Waals surface area contributed by atoms with Gasteiger partial charge in [-0.2, -0.15) is 0 Å². The maximum absolute atomic E-state index is 6.05. The van der Waals surface area contributed by atoms with Crippen molar-refractivity contribution in [3.05, 3.63) is 29.8 Å². The molecule has 0 aliphatic carbocycles. The third kappa shape index (κ3) is 7.41. The van der Waals surface area contributed by atoms with Crippen molar-refractivity contribution in [2.24, 2.45) is 15.8 Å². The number of ether oxygens (including phenoxy) is 1. The quantitative estimate of drug-likeness (QED) is 0.429. The SMILES string of the molecule is CCCCC(CC)COc1ccccc1CN=N[SiH2]CC. The van der Waals surface area contributed by atoms with E-state index >= 15 is 0 Å². The maximum atomic E-state index is 6.05. The van der Waals surface area contributed by atoms with Gasteiger partial charge in [-0.25, -0.2) is 9.89 Å². The van der Waals surface area contributed by atoms with E-state index in [0.29, 0.717) is 12.5 Å². The van der Waals surface area contributed by atoms with E-state index in [-0.39, 0.29) is 9.68 Å². The molecule has 3 nitrogen and oxygen atoms in total. The van der Waals surface area contributed by atoms with Crippen LogP contribution in [-0.2, 0) is 6.54 Å². The lowest BCUT2D eigenvalue weighted by Gasteiger charge is -2.17. The summed E-state index contributed by atoms with van der Waals surface area (Å²) in [4.78, 5) is 0. The highest BCUT2D eigenvalue weighted by molar-refractivity contribution is 6.32. The van der Waals surface area contributed by atoms with Crippen LogP contribution < -0.4 is 4.74 Å². The molecule has 0 aromatic heterocycles. The molecule has 0 amide bonds. The summed E-state index contributed by atoms with van der Waals surface area (Å²) in [5, 5.41) is 4.30. The molecule has 1 aromatic rings. The maximum Gasteiger partial charge on any atom is 0.178 e. The van der Waals surface area contributed by atoms with Crippen LogP contribution in [0.5, 0.6) is 5.75 Å². The lowest BCUT2D eigenvalue weighted by molar-refractivity contribution is 0.231. The summed E-state index contributed by atoms with van der Waals surface area (Å²) < 4.78 is 10.3. The molecular formula is C17H30N2OSi. The van der Waals surface area contributed by atoms with Gasteiger partial charge in [-0.15, -0.1) is 0 Å². The van der Waals surface area contributed by atoms with E-state index in [0.717, 1.165) is 17.9 Å². The summed E-state index contributed by atoms with van der Waals surface area (Å²) in [6.07, 6.45) is 5.00. The minimum absolute atomic E-state index is 0.327. The Bertz CT molecular complexity index is 410. The van der Waals surface area contributed by atoms with Crippen LogP contribution in [0.1, 0.15) is 52.0 Å². The first-order valence-corrected chi connectivity index (χ1v) is 9.98. The summed E-state index contributed by atoms with van der Waals surface area (Å²) in [6, 6.07) is 9.40. The van der Waals surface area contributed by atoms with Crippen molar-refractivity contribution in [1.29, 1.82) is 0 Å². The summed E-state index contributed by atoms with van der Waals surface area (Å²) in [7, 11) is -0.327. The van der Waals surface area contributed by atoms with Crippen molar-refractivity contribution in [3.63, 3.8) is 0 Å². The number of nitrogens with zero attached hydrogens (tertiary/aromatic N) is 2. The zero-order valence-corrected chi connectivity index (χ0v) is 15.3. The van der Waals surface area contributed by atoms with Crippen LogP contribution in [-0.4, -0.2) is 16.3 Å². The lowest BCUT2D eigenvalue weighted by Crippen LogP contribution is -2.12. The number of hydrogen-bond donors (Lipinski definition) is 0. The highest BCUT2D eigenvalue weighted by atomic mass is 28.2. The van der Waals surface area contributed by atoms with Gasteiger partial charge in [0.1, 0.15) is 5.75 Å². The molecule has 0 spiro atoms. The van der Waals surface area contributed by atoms with Gasteiger partial charge in [-0.3, -0.25) is 0 Å². The van der Waals surface area contributed by atoms with Gasteiger partial charge in [0.25, 0.3) is 0 Å². The normalized spacial score (nSPS) is 13.3. The van der Waals surface area contributed by atoms with E-state index in [1.165, 1.54) is 31.7 Å². The molecule has 118 valence electrons. The van der Waals surface area contributed by atoms with E-state index in [9.17, 15) is 0 Å². The van der Waals surface area contributed by atoms with Crippen LogP contribution in [0.3, 0.4) is 0 Å². The zero-order chi connectivity index (χ0) is 15.3. The number of unbranched alkanes of at least 4 members (excludes halogenated alkanes) is 1. The molecule has 1 aromatic carbocycles. The summed E-state index contributed by atoms with van der Waals surface area (Å²) >= 11 is 0. The smallest absolute Gasteiger partial charge is 0.178 e. The lowest BCUT2D eigenvalue weighted by atomic mass is 10.0. The molecule has 1 rings (SSSR count). The third-order valence-corrected chi connectivity index (χ3v) is 4.50. The molecule has 4 heteroatoms. The fourth-order valence-electron chi connectivity index (χ4n) is 2.18. The van der Waals surface area contributed by atoms with Crippen LogP contribution >= 0.6 is 0 Å². The summed E-state index contributed by atoms with van der Waals surface area (Å²) in [6.45, 7) is 8.12. The molecule has 0 radical (unpaired) electrons. The predicted octanol–water partition coefficient (Wildman–Crippen LogP) is 4.76. The molecule has 1 atom stereocenters. The average Bonchev–Trinajstić information content (AvgIpc) is 2.53. The Hall–Kier alpha value is -1.16. The fourth-order valence-corrected chi connectivity index (χ4v) is 2.62. The Morgan fingerprint density at radius 2 is 2.00 bits per heavy atom. The molecule has 0 fully saturated rings. The van der Waals surface area contributed by atoms with Gasteiger partial charge in [0, 0.05) is 5.56 Å². The molecule has 0 saturated carbocycles. The molecule has 0 N–H and O–H groups in total. The number of hydrogen-bond acceptors (Lipinski definition) is 3. The summed E-state index contributed by atoms with van der Waals surface area (Å²) in [5.74, 6) is 1.64. The van der Waals surface area contributed by atoms with Crippen LogP contribution in [0.25, 0.3) is 0 Å². The van der Waals surface area contributed by atoms with Gasteiger partial charge in [0.2, 0.25) is 0 Å². The predicted molar refractivity (Wildman–Crippen MR) is 92.8 cm³/mol. The molecule has 21 heavy (non-hydrogen) atoms. The Labute approximate surface area is 132 Å². The van der Waals surface area contributed by atoms with Crippen LogP contribution in [0, 0.1) is 5.92 Å². The third-order valence-electron chi connectivity index (χ3n) is 3.66. The zero-order valence-electron chi connectivity index (χ0n) is 13.8. The van der Waals surface area contributed by atoms with Crippen LogP contribution in [0.15, 0.2) is 34.2 Å². The Morgan fingerprint density at radius 3 is 2.71 bits per heavy atom. The molecule has 0 bridgehead atoms.